The summed E-state index contributed by atoms with van der Waals surface area (Å²) in [5.41, 5.74) is 3.75. The quantitative estimate of drug-likeness (QED) is 0.298. The molecule has 0 spiro atoms. The maximum absolute atomic E-state index is 11.1. The van der Waals surface area contributed by atoms with Gasteiger partial charge in [0.1, 0.15) is 0 Å². The van der Waals surface area contributed by atoms with Crippen LogP contribution in [-0.2, 0) is 13.1 Å². The predicted octanol–water partition coefficient (Wildman–Crippen LogP) is 5.89. The lowest BCUT2D eigenvalue weighted by Crippen LogP contribution is -2.48. The van der Waals surface area contributed by atoms with E-state index in [9.17, 15) is 5.11 Å². The number of benzene rings is 4. The smallest absolute Gasteiger partial charge is 0.0845 e. The number of aliphatic hydroxyl groups excluding tert-OH is 1. The average Bonchev–Trinajstić information content (AvgIpc) is 3.18. The van der Waals surface area contributed by atoms with Gasteiger partial charge in [0.25, 0.3) is 0 Å². The van der Waals surface area contributed by atoms with Crippen LogP contribution in [-0.4, -0.2) is 58.3 Å². The van der Waals surface area contributed by atoms with Crippen molar-refractivity contribution in [1.82, 2.24) is 14.4 Å². The number of halogens is 1. The third-order valence-electron chi connectivity index (χ3n) is 7.34. The van der Waals surface area contributed by atoms with E-state index in [1.165, 1.54) is 38.1 Å². The highest BCUT2D eigenvalue weighted by Crippen LogP contribution is 2.31. The molecule has 0 aliphatic carbocycles. The fourth-order valence-electron chi connectivity index (χ4n) is 5.59. The third-order valence-corrected chi connectivity index (χ3v) is 7.83. The van der Waals surface area contributed by atoms with Crippen LogP contribution in [0.1, 0.15) is 5.56 Å². The first kappa shape index (κ1) is 22.7. The van der Waals surface area contributed by atoms with Gasteiger partial charge in [-0.05, 0) is 40.6 Å². The van der Waals surface area contributed by atoms with E-state index < -0.39 is 6.10 Å². The third kappa shape index (κ3) is 4.62. The standard InChI is InChI=1S/C30H30BrN3O/c31-24-12-13-30-28(18-24)27-10-3-4-11-29(27)34(30)21-25(35)20-33-16-14-32(15-17-33)19-23-8-5-7-22-6-1-2-9-26(22)23/h1-13,18,25,35H,14-17,19-21H2. The second kappa shape index (κ2) is 9.75. The lowest BCUT2D eigenvalue weighted by atomic mass is 10.0. The van der Waals surface area contributed by atoms with Gasteiger partial charge in [0.05, 0.1) is 12.6 Å². The van der Waals surface area contributed by atoms with Crippen molar-refractivity contribution in [3.8, 4) is 0 Å². The van der Waals surface area contributed by atoms with Crippen LogP contribution in [0.25, 0.3) is 32.6 Å². The molecule has 1 fully saturated rings. The molecule has 1 unspecified atom stereocenters. The Bertz CT molecular complexity index is 1480. The Kier molecular flexibility index (Phi) is 6.33. The molecule has 178 valence electrons. The van der Waals surface area contributed by atoms with E-state index in [1.807, 2.05) is 0 Å². The van der Waals surface area contributed by atoms with Gasteiger partial charge in [-0.15, -0.1) is 0 Å². The van der Waals surface area contributed by atoms with Crippen LogP contribution < -0.4 is 0 Å². The first-order chi connectivity index (χ1) is 17.2. The van der Waals surface area contributed by atoms with Crippen molar-refractivity contribution in [1.29, 1.82) is 0 Å². The minimum Gasteiger partial charge on any atom is -0.390 e. The van der Waals surface area contributed by atoms with Crippen molar-refractivity contribution in [2.24, 2.45) is 0 Å². The van der Waals surface area contributed by atoms with E-state index in [4.69, 9.17) is 0 Å². The van der Waals surface area contributed by atoms with Crippen LogP contribution in [0.4, 0.5) is 0 Å². The van der Waals surface area contributed by atoms with Gasteiger partial charge in [-0.1, -0.05) is 76.6 Å². The molecule has 4 nitrogen and oxygen atoms in total. The van der Waals surface area contributed by atoms with Crippen molar-refractivity contribution in [3.63, 3.8) is 0 Å². The number of para-hydroxylation sites is 1. The van der Waals surface area contributed by atoms with E-state index in [2.05, 4.69) is 115 Å². The van der Waals surface area contributed by atoms with Gasteiger partial charge >= 0.3 is 0 Å². The summed E-state index contributed by atoms with van der Waals surface area (Å²) in [6, 6.07) is 30.1. The zero-order chi connectivity index (χ0) is 23.8. The number of rotatable bonds is 6. The number of nitrogens with zero attached hydrogens (tertiary/aromatic N) is 3. The van der Waals surface area contributed by atoms with Crippen molar-refractivity contribution >= 4 is 48.5 Å². The first-order valence-corrected chi connectivity index (χ1v) is 13.2. The van der Waals surface area contributed by atoms with Crippen LogP contribution in [0, 0.1) is 0 Å². The van der Waals surface area contributed by atoms with E-state index in [1.54, 1.807) is 0 Å². The van der Waals surface area contributed by atoms with E-state index in [-0.39, 0.29) is 0 Å². The number of aliphatic hydroxyl groups is 1. The van der Waals surface area contributed by atoms with Crippen molar-refractivity contribution in [2.75, 3.05) is 32.7 Å². The summed E-state index contributed by atoms with van der Waals surface area (Å²) in [5, 5.41) is 16.2. The second-order valence-electron chi connectivity index (χ2n) is 9.66. The fraction of sp³-hybridized carbons (Fsp3) is 0.267. The summed E-state index contributed by atoms with van der Waals surface area (Å²) < 4.78 is 3.35. The molecular weight excluding hydrogens is 498 g/mol. The average molecular weight is 528 g/mol. The Labute approximate surface area is 214 Å². The summed E-state index contributed by atoms with van der Waals surface area (Å²) in [6.45, 7) is 6.31. The van der Waals surface area contributed by atoms with Gasteiger partial charge in [-0.3, -0.25) is 9.80 Å². The molecule has 4 aromatic carbocycles. The fourth-order valence-corrected chi connectivity index (χ4v) is 5.95. The number of piperazine rings is 1. The Morgan fingerprint density at radius 2 is 1.37 bits per heavy atom. The highest BCUT2D eigenvalue weighted by Gasteiger charge is 2.21. The lowest BCUT2D eigenvalue weighted by Gasteiger charge is -2.36. The molecule has 0 bridgehead atoms. The highest BCUT2D eigenvalue weighted by molar-refractivity contribution is 9.10. The van der Waals surface area contributed by atoms with Gasteiger partial charge in [0.15, 0.2) is 0 Å². The Morgan fingerprint density at radius 1 is 0.686 bits per heavy atom. The predicted molar refractivity (Wildman–Crippen MR) is 149 cm³/mol. The largest absolute Gasteiger partial charge is 0.390 e. The molecular formula is C30H30BrN3O. The van der Waals surface area contributed by atoms with Crippen LogP contribution in [0.5, 0.6) is 0 Å². The number of fused-ring (bicyclic) bond motifs is 4. The summed E-state index contributed by atoms with van der Waals surface area (Å²) >= 11 is 3.61. The highest BCUT2D eigenvalue weighted by atomic mass is 79.9. The summed E-state index contributed by atoms with van der Waals surface area (Å²) in [5.74, 6) is 0. The molecule has 0 radical (unpaired) electrons. The molecule has 0 saturated carbocycles. The van der Waals surface area contributed by atoms with Crippen LogP contribution >= 0.6 is 15.9 Å². The molecule has 1 aliphatic rings. The van der Waals surface area contributed by atoms with Gasteiger partial charge in [0, 0.05) is 65.5 Å². The minimum atomic E-state index is -0.415. The molecule has 2 heterocycles. The molecule has 1 aliphatic heterocycles. The Morgan fingerprint density at radius 3 is 2.23 bits per heavy atom. The molecule has 1 N–H and O–H groups in total. The van der Waals surface area contributed by atoms with Gasteiger partial charge in [-0.25, -0.2) is 0 Å². The molecule has 5 aromatic rings. The Balaban J connectivity index is 1.11. The van der Waals surface area contributed by atoms with E-state index in [0.717, 1.165) is 37.2 Å². The van der Waals surface area contributed by atoms with Crippen LogP contribution in [0.2, 0.25) is 0 Å². The molecule has 0 amide bonds. The maximum atomic E-state index is 11.1. The minimum absolute atomic E-state index is 0.415. The van der Waals surface area contributed by atoms with Crippen molar-refractivity contribution in [2.45, 2.75) is 19.2 Å². The topological polar surface area (TPSA) is 31.6 Å². The molecule has 1 atom stereocenters. The van der Waals surface area contributed by atoms with Crippen molar-refractivity contribution < 1.29 is 5.11 Å². The number of aromatic nitrogens is 1. The lowest BCUT2D eigenvalue weighted by molar-refractivity contribution is 0.0635. The van der Waals surface area contributed by atoms with E-state index in [0.29, 0.717) is 13.1 Å². The Hall–Kier alpha value is -2.70. The number of hydrogen-bond acceptors (Lipinski definition) is 3. The summed E-state index contributed by atoms with van der Waals surface area (Å²) in [7, 11) is 0. The number of hydrogen-bond donors (Lipinski definition) is 1. The normalized spacial score (nSPS) is 16.4. The molecule has 35 heavy (non-hydrogen) atoms. The van der Waals surface area contributed by atoms with Gasteiger partial charge in [0.2, 0.25) is 0 Å². The zero-order valence-electron chi connectivity index (χ0n) is 19.8. The van der Waals surface area contributed by atoms with Crippen molar-refractivity contribution in [3.05, 3.63) is 95.0 Å². The second-order valence-corrected chi connectivity index (χ2v) is 10.6. The number of β-amino-alcohol motifs (C(OH)–C–C–N with tert-alkyl or cyclic N) is 1. The summed E-state index contributed by atoms with van der Waals surface area (Å²) in [4.78, 5) is 4.95. The molecule has 1 saturated heterocycles. The maximum Gasteiger partial charge on any atom is 0.0845 e. The van der Waals surface area contributed by atoms with Crippen LogP contribution in [0.15, 0.2) is 89.4 Å². The summed E-state index contributed by atoms with van der Waals surface area (Å²) in [6.07, 6.45) is -0.415. The molecule has 6 rings (SSSR count). The molecule has 5 heteroatoms. The first-order valence-electron chi connectivity index (χ1n) is 12.4. The van der Waals surface area contributed by atoms with Gasteiger partial charge < -0.3 is 9.67 Å². The van der Waals surface area contributed by atoms with Crippen LogP contribution in [0.3, 0.4) is 0 Å². The molecule has 1 aromatic heterocycles. The monoisotopic (exact) mass is 527 g/mol. The zero-order valence-corrected chi connectivity index (χ0v) is 21.4. The van der Waals surface area contributed by atoms with E-state index >= 15 is 0 Å². The van der Waals surface area contributed by atoms with Gasteiger partial charge in [-0.2, -0.15) is 0 Å². The SMILES string of the molecule is OC(CN1CCN(Cc2cccc3ccccc23)CC1)Cn1c2ccccc2c2cc(Br)ccc21.